The summed E-state index contributed by atoms with van der Waals surface area (Å²) in [6.07, 6.45) is 6.65. The van der Waals surface area contributed by atoms with Crippen LogP contribution in [0.4, 0.5) is 0 Å². The van der Waals surface area contributed by atoms with Gasteiger partial charge in [0.2, 0.25) is 5.91 Å². The average Bonchev–Trinajstić information content (AvgIpc) is 2.97. The first-order valence-electron chi connectivity index (χ1n) is 7.40. The van der Waals surface area contributed by atoms with E-state index in [1.54, 1.807) is 4.90 Å². The Bertz CT molecular complexity index is 520. The average molecular weight is 291 g/mol. The Hall–Kier alpha value is -1.62. The zero-order chi connectivity index (χ0) is 15.7. The monoisotopic (exact) mass is 291 g/mol. The number of aliphatic hydroxyl groups is 1. The maximum Gasteiger partial charge on any atom is 0.245 e. The molecule has 116 valence electrons. The predicted molar refractivity (Wildman–Crippen MR) is 82.0 cm³/mol. The standard InChI is InChI=1S/C16H25N3O2/c1-5-14(21)18-8-6-16(12-20,7-9-18)19-11-13(10-17-19)15(2,3)4/h5,10-11,20H,1,6-9,12H2,2-4H3. The van der Waals surface area contributed by atoms with Crippen LogP contribution in [0.25, 0.3) is 0 Å². The molecule has 1 aliphatic heterocycles. The molecule has 0 aliphatic carbocycles. The minimum atomic E-state index is -0.401. The number of hydrogen-bond donors (Lipinski definition) is 1. The van der Waals surface area contributed by atoms with Crippen molar-refractivity contribution in [3.05, 3.63) is 30.6 Å². The van der Waals surface area contributed by atoms with Crippen molar-refractivity contribution in [3.63, 3.8) is 0 Å². The summed E-state index contributed by atoms with van der Waals surface area (Å²) in [6, 6.07) is 0. The van der Waals surface area contributed by atoms with Gasteiger partial charge in [-0.3, -0.25) is 9.48 Å². The summed E-state index contributed by atoms with van der Waals surface area (Å²) >= 11 is 0. The molecule has 1 saturated heterocycles. The minimum absolute atomic E-state index is 0.0361. The molecule has 1 fully saturated rings. The number of rotatable bonds is 3. The summed E-state index contributed by atoms with van der Waals surface area (Å²) in [6.45, 7) is 11.2. The molecule has 1 amide bonds. The van der Waals surface area contributed by atoms with Gasteiger partial charge < -0.3 is 10.0 Å². The van der Waals surface area contributed by atoms with Gasteiger partial charge in [0, 0.05) is 19.3 Å². The Labute approximate surface area is 126 Å². The maximum absolute atomic E-state index is 11.7. The highest BCUT2D eigenvalue weighted by Gasteiger charge is 2.37. The summed E-state index contributed by atoms with van der Waals surface area (Å²) in [5.74, 6) is -0.0441. The Balaban J connectivity index is 2.19. The van der Waals surface area contributed by atoms with Gasteiger partial charge in [-0.05, 0) is 29.9 Å². The Morgan fingerprint density at radius 1 is 1.48 bits per heavy atom. The Morgan fingerprint density at radius 2 is 2.10 bits per heavy atom. The second-order valence-electron chi connectivity index (χ2n) is 6.84. The molecule has 21 heavy (non-hydrogen) atoms. The zero-order valence-corrected chi connectivity index (χ0v) is 13.2. The third kappa shape index (κ3) is 3.02. The molecular weight excluding hydrogens is 266 g/mol. The normalized spacial score (nSPS) is 18.6. The SMILES string of the molecule is C=CC(=O)N1CCC(CO)(n2cc(C(C)(C)C)cn2)CC1. The lowest BCUT2D eigenvalue weighted by Crippen LogP contribution is -2.50. The molecule has 0 bridgehead atoms. The second-order valence-corrected chi connectivity index (χ2v) is 6.84. The molecule has 0 unspecified atom stereocenters. The predicted octanol–water partition coefficient (Wildman–Crippen LogP) is 1.68. The van der Waals surface area contributed by atoms with Gasteiger partial charge in [-0.25, -0.2) is 0 Å². The van der Waals surface area contributed by atoms with E-state index < -0.39 is 5.54 Å². The second kappa shape index (κ2) is 5.64. The van der Waals surface area contributed by atoms with Crippen LogP contribution in [0.2, 0.25) is 0 Å². The number of carbonyl (C=O) groups is 1. The number of aliphatic hydroxyl groups excluding tert-OH is 1. The van der Waals surface area contributed by atoms with Gasteiger partial charge in [-0.15, -0.1) is 0 Å². The Kier molecular flexibility index (Phi) is 4.23. The van der Waals surface area contributed by atoms with Crippen LogP contribution in [0.15, 0.2) is 25.0 Å². The summed E-state index contributed by atoms with van der Waals surface area (Å²) in [5, 5.41) is 14.4. The number of nitrogens with zero attached hydrogens (tertiary/aromatic N) is 3. The van der Waals surface area contributed by atoms with Crippen molar-refractivity contribution in [2.75, 3.05) is 19.7 Å². The van der Waals surface area contributed by atoms with Crippen LogP contribution in [-0.4, -0.2) is 45.4 Å². The molecule has 1 aliphatic rings. The summed E-state index contributed by atoms with van der Waals surface area (Å²) < 4.78 is 1.89. The van der Waals surface area contributed by atoms with Crippen molar-refractivity contribution in [2.45, 2.75) is 44.6 Å². The van der Waals surface area contributed by atoms with Gasteiger partial charge in [-0.2, -0.15) is 5.10 Å². The van der Waals surface area contributed by atoms with E-state index in [-0.39, 0.29) is 17.9 Å². The van der Waals surface area contributed by atoms with E-state index in [9.17, 15) is 9.90 Å². The van der Waals surface area contributed by atoms with E-state index in [2.05, 4.69) is 32.4 Å². The van der Waals surface area contributed by atoms with Crippen LogP contribution in [0.3, 0.4) is 0 Å². The van der Waals surface area contributed by atoms with Crippen molar-refractivity contribution < 1.29 is 9.90 Å². The lowest BCUT2D eigenvalue weighted by atomic mass is 9.87. The fourth-order valence-corrected chi connectivity index (χ4v) is 2.70. The molecule has 5 nitrogen and oxygen atoms in total. The van der Waals surface area contributed by atoms with E-state index in [1.165, 1.54) is 6.08 Å². The summed E-state index contributed by atoms with van der Waals surface area (Å²) in [5.41, 5.74) is 0.787. The van der Waals surface area contributed by atoms with Crippen LogP contribution < -0.4 is 0 Å². The molecule has 1 aromatic rings. The number of likely N-dealkylation sites (tertiary alicyclic amines) is 1. The zero-order valence-electron chi connectivity index (χ0n) is 13.2. The summed E-state index contributed by atoms with van der Waals surface area (Å²) in [4.78, 5) is 13.4. The number of aromatic nitrogens is 2. The van der Waals surface area contributed by atoms with Crippen LogP contribution in [-0.2, 0) is 15.7 Å². The third-order valence-electron chi connectivity index (χ3n) is 4.41. The van der Waals surface area contributed by atoms with Gasteiger partial charge in [0.1, 0.15) is 0 Å². The molecule has 0 spiro atoms. The lowest BCUT2D eigenvalue weighted by Gasteiger charge is -2.40. The molecule has 0 radical (unpaired) electrons. The molecule has 1 N–H and O–H groups in total. The van der Waals surface area contributed by atoms with Gasteiger partial charge in [-0.1, -0.05) is 27.4 Å². The van der Waals surface area contributed by atoms with E-state index in [0.717, 1.165) is 5.56 Å². The van der Waals surface area contributed by atoms with Crippen LogP contribution in [0, 0.1) is 0 Å². The quantitative estimate of drug-likeness (QED) is 0.862. The van der Waals surface area contributed by atoms with Crippen molar-refractivity contribution in [1.29, 1.82) is 0 Å². The first-order valence-corrected chi connectivity index (χ1v) is 7.40. The number of piperidine rings is 1. The highest BCUT2D eigenvalue weighted by atomic mass is 16.3. The first-order chi connectivity index (χ1) is 9.82. The highest BCUT2D eigenvalue weighted by Crippen LogP contribution is 2.31. The lowest BCUT2D eigenvalue weighted by molar-refractivity contribution is -0.128. The molecule has 0 aromatic carbocycles. The molecule has 2 heterocycles. The van der Waals surface area contributed by atoms with Crippen molar-refractivity contribution in [3.8, 4) is 0 Å². The van der Waals surface area contributed by atoms with Crippen LogP contribution >= 0.6 is 0 Å². The Morgan fingerprint density at radius 3 is 2.52 bits per heavy atom. The van der Waals surface area contributed by atoms with E-state index >= 15 is 0 Å². The molecule has 0 saturated carbocycles. The highest BCUT2D eigenvalue weighted by molar-refractivity contribution is 5.87. The van der Waals surface area contributed by atoms with Crippen molar-refractivity contribution >= 4 is 5.91 Å². The molecular formula is C16H25N3O2. The fourth-order valence-electron chi connectivity index (χ4n) is 2.70. The minimum Gasteiger partial charge on any atom is -0.394 e. The van der Waals surface area contributed by atoms with Crippen molar-refractivity contribution in [1.82, 2.24) is 14.7 Å². The van der Waals surface area contributed by atoms with Crippen LogP contribution in [0.1, 0.15) is 39.2 Å². The van der Waals surface area contributed by atoms with E-state index in [0.29, 0.717) is 25.9 Å². The molecule has 1 aromatic heterocycles. The number of hydrogen-bond acceptors (Lipinski definition) is 3. The van der Waals surface area contributed by atoms with E-state index in [4.69, 9.17) is 0 Å². The van der Waals surface area contributed by atoms with Gasteiger partial charge in [0.05, 0.1) is 18.3 Å². The van der Waals surface area contributed by atoms with Crippen molar-refractivity contribution in [2.24, 2.45) is 0 Å². The molecule has 5 heteroatoms. The van der Waals surface area contributed by atoms with Gasteiger partial charge in [0.15, 0.2) is 0 Å². The summed E-state index contributed by atoms with van der Waals surface area (Å²) in [7, 11) is 0. The van der Waals surface area contributed by atoms with Gasteiger partial charge >= 0.3 is 0 Å². The fraction of sp³-hybridized carbons (Fsp3) is 0.625. The van der Waals surface area contributed by atoms with Gasteiger partial charge in [0.25, 0.3) is 0 Å². The smallest absolute Gasteiger partial charge is 0.245 e. The topological polar surface area (TPSA) is 58.4 Å². The molecule has 0 atom stereocenters. The van der Waals surface area contributed by atoms with E-state index in [1.807, 2.05) is 17.1 Å². The number of amides is 1. The molecule has 2 rings (SSSR count). The maximum atomic E-state index is 11.7. The third-order valence-corrected chi connectivity index (χ3v) is 4.41. The number of carbonyl (C=O) groups excluding carboxylic acids is 1. The first kappa shape index (κ1) is 15.8. The largest absolute Gasteiger partial charge is 0.394 e. The van der Waals surface area contributed by atoms with Crippen LogP contribution in [0.5, 0.6) is 0 Å².